The van der Waals surface area contributed by atoms with Gasteiger partial charge >= 0.3 is 0 Å². The van der Waals surface area contributed by atoms with Gasteiger partial charge in [-0.05, 0) is 39.8 Å². The molecule has 3 N–H and O–H groups in total. The van der Waals surface area contributed by atoms with E-state index in [0.29, 0.717) is 17.3 Å². The van der Waals surface area contributed by atoms with Crippen LogP contribution in [0.4, 0.5) is 5.69 Å². The number of amides is 1. The number of nitrogens with two attached hydrogens (primary N) is 1. The Morgan fingerprint density at radius 2 is 2.11 bits per heavy atom. The van der Waals surface area contributed by atoms with E-state index in [2.05, 4.69) is 29.2 Å². The van der Waals surface area contributed by atoms with Crippen molar-refractivity contribution in [1.82, 2.24) is 20.0 Å². The van der Waals surface area contributed by atoms with Gasteiger partial charge in [-0.2, -0.15) is 5.10 Å². The third-order valence-corrected chi connectivity index (χ3v) is 3.72. The van der Waals surface area contributed by atoms with Crippen LogP contribution in [-0.2, 0) is 0 Å². The van der Waals surface area contributed by atoms with Crippen molar-refractivity contribution in [3.8, 4) is 0 Å². The van der Waals surface area contributed by atoms with E-state index >= 15 is 0 Å². The lowest BCUT2D eigenvalue weighted by atomic mass is 9.96. The van der Waals surface area contributed by atoms with Crippen LogP contribution in [0.15, 0.2) is 0 Å². The van der Waals surface area contributed by atoms with Crippen LogP contribution in [0.1, 0.15) is 29.0 Å². The molecular formula is C13H23N5O. The number of hydrogen-bond donors (Lipinski definition) is 2. The van der Waals surface area contributed by atoms with Crippen molar-refractivity contribution >= 4 is 11.6 Å². The highest BCUT2D eigenvalue weighted by atomic mass is 16.2. The second kappa shape index (κ2) is 5.61. The van der Waals surface area contributed by atoms with Crippen LogP contribution in [0.2, 0.25) is 0 Å². The molecule has 6 nitrogen and oxygen atoms in total. The lowest BCUT2D eigenvalue weighted by Gasteiger charge is -2.32. The molecule has 106 valence electrons. The van der Waals surface area contributed by atoms with Gasteiger partial charge < -0.3 is 15.5 Å². The number of rotatable bonds is 3. The smallest absolute Gasteiger partial charge is 0.276 e. The van der Waals surface area contributed by atoms with Gasteiger partial charge in [-0.25, -0.2) is 0 Å². The third kappa shape index (κ3) is 3.07. The number of hydrogen-bond acceptors (Lipinski definition) is 4. The average Bonchev–Trinajstić information content (AvgIpc) is 2.69. The number of H-pyrrole nitrogens is 1. The van der Waals surface area contributed by atoms with E-state index in [1.54, 1.807) is 0 Å². The highest BCUT2D eigenvalue weighted by Crippen LogP contribution is 2.21. The fourth-order valence-corrected chi connectivity index (χ4v) is 2.59. The van der Waals surface area contributed by atoms with Crippen molar-refractivity contribution in [1.29, 1.82) is 0 Å². The molecule has 1 aliphatic heterocycles. The summed E-state index contributed by atoms with van der Waals surface area (Å²) in [5, 5.41) is 6.77. The number of nitrogens with one attached hydrogen (secondary N) is 1. The Hall–Kier alpha value is -1.56. The van der Waals surface area contributed by atoms with Crippen LogP contribution >= 0.6 is 0 Å². The molecule has 1 fully saturated rings. The van der Waals surface area contributed by atoms with Crippen molar-refractivity contribution in [2.45, 2.75) is 19.8 Å². The first-order chi connectivity index (χ1) is 8.99. The van der Waals surface area contributed by atoms with E-state index in [1.807, 2.05) is 11.8 Å². The molecule has 1 aromatic rings. The quantitative estimate of drug-likeness (QED) is 0.844. The zero-order chi connectivity index (χ0) is 14.0. The van der Waals surface area contributed by atoms with E-state index in [-0.39, 0.29) is 5.91 Å². The standard InChI is InChI=1S/C13H23N5O/c1-9-11(14)12(16-15-9)13(19)18-6-4-10(5-7-18)8-17(2)3/h10H,4-8,14H2,1-3H3,(H,15,16). The number of aromatic amines is 1. The second-order valence-corrected chi connectivity index (χ2v) is 5.61. The molecule has 0 aliphatic carbocycles. The molecule has 2 heterocycles. The monoisotopic (exact) mass is 265 g/mol. The van der Waals surface area contributed by atoms with Crippen LogP contribution in [-0.4, -0.2) is 59.6 Å². The molecular weight excluding hydrogens is 242 g/mol. The molecule has 19 heavy (non-hydrogen) atoms. The van der Waals surface area contributed by atoms with Gasteiger partial charge in [0, 0.05) is 19.6 Å². The Kier molecular flexibility index (Phi) is 4.09. The highest BCUT2D eigenvalue weighted by Gasteiger charge is 2.26. The van der Waals surface area contributed by atoms with Gasteiger partial charge in [0.1, 0.15) is 0 Å². The molecule has 0 aromatic carbocycles. The van der Waals surface area contributed by atoms with E-state index in [9.17, 15) is 4.79 Å². The molecule has 6 heteroatoms. The molecule has 0 unspecified atom stereocenters. The van der Waals surface area contributed by atoms with E-state index < -0.39 is 0 Å². The molecule has 0 bridgehead atoms. The van der Waals surface area contributed by atoms with Gasteiger partial charge in [-0.15, -0.1) is 0 Å². The van der Waals surface area contributed by atoms with Gasteiger partial charge in [-0.1, -0.05) is 0 Å². The number of aromatic nitrogens is 2. The summed E-state index contributed by atoms with van der Waals surface area (Å²) in [6.07, 6.45) is 2.10. The van der Waals surface area contributed by atoms with Crippen LogP contribution in [0, 0.1) is 12.8 Å². The fourth-order valence-electron chi connectivity index (χ4n) is 2.59. The molecule has 0 saturated carbocycles. The molecule has 0 radical (unpaired) electrons. The minimum absolute atomic E-state index is 0.0508. The first-order valence-corrected chi connectivity index (χ1v) is 6.73. The van der Waals surface area contributed by atoms with Crippen LogP contribution in [0.3, 0.4) is 0 Å². The lowest BCUT2D eigenvalue weighted by molar-refractivity contribution is 0.0673. The summed E-state index contributed by atoms with van der Waals surface area (Å²) >= 11 is 0. The van der Waals surface area contributed by atoms with Crippen molar-refractivity contribution in [3.63, 3.8) is 0 Å². The summed E-state index contributed by atoms with van der Waals surface area (Å²) in [5.74, 6) is 0.627. The van der Waals surface area contributed by atoms with Crippen LogP contribution in [0.25, 0.3) is 0 Å². The van der Waals surface area contributed by atoms with E-state index in [1.165, 1.54) is 0 Å². The topological polar surface area (TPSA) is 78.2 Å². The second-order valence-electron chi connectivity index (χ2n) is 5.61. The lowest BCUT2D eigenvalue weighted by Crippen LogP contribution is -2.41. The molecule has 0 atom stereocenters. The number of likely N-dealkylation sites (tertiary alicyclic amines) is 1. The summed E-state index contributed by atoms with van der Waals surface area (Å²) in [6, 6.07) is 0. The zero-order valence-corrected chi connectivity index (χ0v) is 11.9. The summed E-state index contributed by atoms with van der Waals surface area (Å²) in [5.41, 5.74) is 7.45. The zero-order valence-electron chi connectivity index (χ0n) is 11.9. The SMILES string of the molecule is Cc1[nH]nc(C(=O)N2CCC(CN(C)C)CC2)c1N. The number of carbonyl (C=O) groups is 1. The number of nitrogen functional groups attached to an aromatic ring is 1. The van der Waals surface area contributed by atoms with Gasteiger partial charge in [-0.3, -0.25) is 9.89 Å². The summed E-state index contributed by atoms with van der Waals surface area (Å²) in [6.45, 7) is 4.50. The predicted octanol–water partition coefficient (Wildman–Crippen LogP) is 0.714. The van der Waals surface area contributed by atoms with E-state index in [4.69, 9.17) is 5.73 Å². The first-order valence-electron chi connectivity index (χ1n) is 6.73. The van der Waals surface area contributed by atoms with Gasteiger partial charge in [0.05, 0.1) is 11.4 Å². The largest absolute Gasteiger partial charge is 0.395 e. The maximum atomic E-state index is 12.3. The van der Waals surface area contributed by atoms with Gasteiger partial charge in [0.2, 0.25) is 0 Å². The molecule has 1 aliphatic rings. The minimum atomic E-state index is -0.0508. The Balaban J connectivity index is 1.94. The number of aryl methyl sites for hydroxylation is 1. The minimum Gasteiger partial charge on any atom is -0.395 e. The normalized spacial score (nSPS) is 17.2. The summed E-state index contributed by atoms with van der Waals surface area (Å²) < 4.78 is 0. The molecule has 2 rings (SSSR count). The summed E-state index contributed by atoms with van der Waals surface area (Å²) in [7, 11) is 4.18. The number of nitrogens with zero attached hydrogens (tertiary/aromatic N) is 3. The van der Waals surface area contributed by atoms with Gasteiger partial charge in [0.25, 0.3) is 5.91 Å². The Morgan fingerprint density at radius 3 is 2.58 bits per heavy atom. The molecule has 1 saturated heterocycles. The van der Waals surface area contributed by atoms with Crippen molar-refractivity contribution in [2.24, 2.45) is 5.92 Å². The highest BCUT2D eigenvalue weighted by molar-refractivity contribution is 5.97. The predicted molar refractivity (Wildman–Crippen MR) is 74.9 cm³/mol. The summed E-state index contributed by atoms with van der Waals surface area (Å²) in [4.78, 5) is 16.4. The Labute approximate surface area is 113 Å². The molecule has 1 aromatic heterocycles. The fraction of sp³-hybridized carbons (Fsp3) is 0.692. The Bertz CT molecular complexity index is 446. The number of anilines is 1. The average molecular weight is 265 g/mol. The van der Waals surface area contributed by atoms with Gasteiger partial charge in [0.15, 0.2) is 5.69 Å². The third-order valence-electron chi connectivity index (χ3n) is 3.72. The molecule has 0 spiro atoms. The van der Waals surface area contributed by atoms with Crippen LogP contribution in [0.5, 0.6) is 0 Å². The number of carbonyl (C=O) groups excluding carboxylic acids is 1. The number of piperidine rings is 1. The first kappa shape index (κ1) is 13.9. The molecule has 1 amide bonds. The van der Waals surface area contributed by atoms with Crippen molar-refractivity contribution in [2.75, 3.05) is 39.5 Å². The van der Waals surface area contributed by atoms with Crippen molar-refractivity contribution < 1.29 is 4.79 Å². The van der Waals surface area contributed by atoms with E-state index in [0.717, 1.165) is 38.2 Å². The van der Waals surface area contributed by atoms with Crippen molar-refractivity contribution in [3.05, 3.63) is 11.4 Å². The Morgan fingerprint density at radius 1 is 1.47 bits per heavy atom. The maximum absolute atomic E-state index is 12.3. The van der Waals surface area contributed by atoms with Crippen LogP contribution < -0.4 is 5.73 Å². The maximum Gasteiger partial charge on any atom is 0.276 e.